The Morgan fingerprint density at radius 2 is 1.00 bits per heavy atom. The monoisotopic (exact) mass is 516 g/mol. The molecule has 3 rings (SSSR count). The minimum absolute atomic E-state index is 0.166. The van der Waals surface area contributed by atoms with Gasteiger partial charge in [-0.3, -0.25) is 0 Å². The second-order valence-electron chi connectivity index (χ2n) is 7.78. The molecule has 0 radical (unpaired) electrons. The van der Waals surface area contributed by atoms with Crippen LogP contribution in [0.15, 0.2) is 12.1 Å². The Bertz CT molecular complexity index is 991. The number of aromatic nitrogens is 2. The molecule has 0 bridgehead atoms. The van der Waals surface area contributed by atoms with Gasteiger partial charge >= 0.3 is 0 Å². The molecule has 0 amide bonds. The van der Waals surface area contributed by atoms with Crippen LogP contribution in [0.4, 0.5) is 0 Å². The van der Waals surface area contributed by atoms with Gasteiger partial charge in [-0.1, -0.05) is 98.8 Å². The van der Waals surface area contributed by atoms with Crippen LogP contribution >= 0.6 is 46.4 Å². The van der Waals surface area contributed by atoms with Crippen molar-refractivity contribution in [3.8, 4) is 11.5 Å². The highest BCUT2D eigenvalue weighted by atomic mass is 35.5. The lowest BCUT2D eigenvalue weighted by Crippen LogP contribution is -2.03. The van der Waals surface area contributed by atoms with Crippen LogP contribution in [0.5, 0.6) is 11.5 Å². The molecule has 0 unspecified atom stereocenters. The first-order valence-corrected chi connectivity index (χ1v) is 12.7. The average Bonchev–Trinajstić information content (AvgIpc) is 2.80. The van der Waals surface area contributed by atoms with Crippen molar-refractivity contribution >= 4 is 68.5 Å². The van der Waals surface area contributed by atoms with Crippen molar-refractivity contribution in [2.45, 2.75) is 65.2 Å². The Balaban J connectivity index is 1.96. The molecule has 0 fully saturated rings. The molecule has 0 aliphatic heterocycles. The van der Waals surface area contributed by atoms with Gasteiger partial charge in [-0.25, -0.2) is 9.97 Å². The topological polar surface area (TPSA) is 44.2 Å². The molecule has 32 heavy (non-hydrogen) atoms. The number of hydrogen-bond acceptors (Lipinski definition) is 4. The van der Waals surface area contributed by atoms with Gasteiger partial charge in [0.2, 0.25) is 0 Å². The van der Waals surface area contributed by atoms with Gasteiger partial charge in [-0.2, -0.15) is 0 Å². The van der Waals surface area contributed by atoms with Gasteiger partial charge in [0.05, 0.1) is 44.3 Å². The molecular weight excluding hydrogens is 490 g/mol. The van der Waals surface area contributed by atoms with E-state index in [1.54, 1.807) is 0 Å². The molecule has 0 saturated heterocycles. The van der Waals surface area contributed by atoms with Crippen LogP contribution < -0.4 is 9.47 Å². The van der Waals surface area contributed by atoms with E-state index in [0.29, 0.717) is 46.8 Å². The first kappa shape index (κ1) is 25.4. The second kappa shape index (κ2) is 12.3. The van der Waals surface area contributed by atoms with E-state index in [-0.39, 0.29) is 20.1 Å². The van der Waals surface area contributed by atoms with E-state index >= 15 is 0 Å². The molecule has 1 aromatic heterocycles. The first-order chi connectivity index (χ1) is 15.5. The molecule has 2 aromatic carbocycles. The van der Waals surface area contributed by atoms with E-state index < -0.39 is 0 Å². The molecule has 174 valence electrons. The molecule has 1 heterocycles. The standard InChI is InChI=1S/C24H28Cl4N2O2/c1-3-5-7-9-11-31-17-13-15-16(14-18(17)32-12-10-8-6-4-2)30-24-22(28)20(26)19(25)21(27)23(24)29-15/h13-14H,3-12H2,1-2H3. The highest BCUT2D eigenvalue weighted by Crippen LogP contribution is 2.42. The van der Waals surface area contributed by atoms with E-state index in [1.165, 1.54) is 25.7 Å². The Kier molecular flexibility index (Phi) is 9.78. The number of hydrogen-bond donors (Lipinski definition) is 0. The summed E-state index contributed by atoms with van der Waals surface area (Å²) in [5.74, 6) is 1.31. The quantitative estimate of drug-likeness (QED) is 0.104. The van der Waals surface area contributed by atoms with Crippen LogP contribution in [-0.4, -0.2) is 23.2 Å². The third-order valence-corrected chi connectivity index (χ3v) is 7.02. The van der Waals surface area contributed by atoms with Crippen molar-refractivity contribution in [3.63, 3.8) is 0 Å². The summed E-state index contributed by atoms with van der Waals surface area (Å²) in [5.41, 5.74) is 2.05. The summed E-state index contributed by atoms with van der Waals surface area (Å²) in [4.78, 5) is 9.33. The number of halogens is 4. The summed E-state index contributed by atoms with van der Waals surface area (Å²) in [6.07, 6.45) is 9.00. The highest BCUT2D eigenvalue weighted by Gasteiger charge is 2.19. The van der Waals surface area contributed by atoms with Gasteiger partial charge in [0.25, 0.3) is 0 Å². The van der Waals surface area contributed by atoms with Gasteiger partial charge in [0.15, 0.2) is 11.5 Å². The SMILES string of the molecule is CCCCCCOc1cc2nc3c(Cl)c(Cl)c(Cl)c(Cl)c3nc2cc1OCCCCCC. The lowest BCUT2D eigenvalue weighted by atomic mass is 10.2. The first-order valence-electron chi connectivity index (χ1n) is 11.2. The summed E-state index contributed by atoms with van der Waals surface area (Å²) in [5, 5.41) is 0.783. The van der Waals surface area contributed by atoms with Crippen LogP contribution in [0, 0.1) is 0 Å². The molecular formula is C24H28Cl4N2O2. The van der Waals surface area contributed by atoms with Crippen molar-refractivity contribution in [1.29, 1.82) is 0 Å². The minimum Gasteiger partial charge on any atom is -0.490 e. The molecule has 0 spiro atoms. The minimum atomic E-state index is 0.166. The van der Waals surface area contributed by atoms with Crippen LogP contribution in [-0.2, 0) is 0 Å². The van der Waals surface area contributed by atoms with Crippen LogP contribution in [0.2, 0.25) is 20.1 Å². The Hall–Kier alpha value is -1.20. The predicted molar refractivity (Wildman–Crippen MR) is 136 cm³/mol. The van der Waals surface area contributed by atoms with Crippen LogP contribution in [0.1, 0.15) is 65.2 Å². The molecule has 4 nitrogen and oxygen atoms in total. The van der Waals surface area contributed by atoms with Crippen molar-refractivity contribution < 1.29 is 9.47 Å². The summed E-state index contributed by atoms with van der Waals surface area (Å²) < 4.78 is 12.2. The maximum Gasteiger partial charge on any atom is 0.163 e. The fourth-order valence-electron chi connectivity index (χ4n) is 3.42. The third kappa shape index (κ3) is 6.02. The number of benzene rings is 2. The van der Waals surface area contributed by atoms with Crippen molar-refractivity contribution in [2.24, 2.45) is 0 Å². The Labute approximate surface area is 209 Å². The average molecular weight is 518 g/mol. The van der Waals surface area contributed by atoms with Crippen LogP contribution in [0.3, 0.4) is 0 Å². The second-order valence-corrected chi connectivity index (χ2v) is 9.29. The molecule has 0 saturated carbocycles. The van der Waals surface area contributed by atoms with E-state index in [9.17, 15) is 0 Å². The maximum atomic E-state index is 6.38. The normalized spacial score (nSPS) is 11.4. The third-order valence-electron chi connectivity index (χ3n) is 5.23. The van der Waals surface area contributed by atoms with Gasteiger partial charge in [0.1, 0.15) is 11.0 Å². The summed E-state index contributed by atoms with van der Waals surface area (Å²) in [7, 11) is 0. The maximum absolute atomic E-state index is 6.38. The van der Waals surface area contributed by atoms with Crippen molar-refractivity contribution in [1.82, 2.24) is 9.97 Å². The lowest BCUT2D eigenvalue weighted by molar-refractivity contribution is 0.259. The van der Waals surface area contributed by atoms with Gasteiger partial charge in [-0.15, -0.1) is 0 Å². The fraction of sp³-hybridized carbons (Fsp3) is 0.500. The number of nitrogens with zero attached hydrogens (tertiary/aromatic N) is 2. The summed E-state index contributed by atoms with van der Waals surface area (Å²) in [6, 6.07) is 3.69. The Morgan fingerprint density at radius 1 is 0.594 bits per heavy atom. The van der Waals surface area contributed by atoms with E-state index in [4.69, 9.17) is 55.9 Å². The number of ether oxygens (including phenoxy) is 2. The molecule has 8 heteroatoms. The number of fused-ring (bicyclic) bond motifs is 2. The molecule has 0 N–H and O–H groups in total. The van der Waals surface area contributed by atoms with Gasteiger partial charge < -0.3 is 9.47 Å². The smallest absolute Gasteiger partial charge is 0.163 e. The molecule has 0 aliphatic rings. The number of rotatable bonds is 12. The molecule has 0 aliphatic carbocycles. The zero-order chi connectivity index (χ0) is 23.1. The van der Waals surface area contributed by atoms with Crippen LogP contribution in [0.25, 0.3) is 22.1 Å². The lowest BCUT2D eigenvalue weighted by Gasteiger charge is -2.15. The predicted octanol–water partition coefficient (Wildman–Crippen LogP) is 9.31. The number of unbranched alkanes of at least 4 members (excludes halogenated alkanes) is 6. The van der Waals surface area contributed by atoms with E-state index in [0.717, 1.165) is 25.7 Å². The van der Waals surface area contributed by atoms with Gasteiger partial charge in [-0.05, 0) is 12.8 Å². The van der Waals surface area contributed by atoms with E-state index in [2.05, 4.69) is 23.8 Å². The fourth-order valence-corrected chi connectivity index (χ4v) is 4.34. The molecule has 3 aromatic rings. The Morgan fingerprint density at radius 3 is 1.38 bits per heavy atom. The molecule has 0 atom stereocenters. The van der Waals surface area contributed by atoms with Gasteiger partial charge in [0, 0.05) is 12.1 Å². The van der Waals surface area contributed by atoms with Crippen molar-refractivity contribution in [3.05, 3.63) is 32.2 Å². The highest BCUT2D eigenvalue weighted by molar-refractivity contribution is 6.55. The largest absolute Gasteiger partial charge is 0.490 e. The zero-order valence-corrected chi connectivity index (χ0v) is 21.5. The zero-order valence-electron chi connectivity index (χ0n) is 18.4. The van der Waals surface area contributed by atoms with Crippen molar-refractivity contribution in [2.75, 3.05) is 13.2 Å². The summed E-state index contributed by atoms with van der Waals surface area (Å²) in [6.45, 7) is 5.61. The van der Waals surface area contributed by atoms with E-state index in [1.807, 2.05) is 12.1 Å². The summed E-state index contributed by atoms with van der Waals surface area (Å²) >= 11 is 25.2.